The Kier molecular flexibility index (Phi) is 6.26. The molecule has 146 valence electrons. The first-order valence-electron chi connectivity index (χ1n) is 9.26. The van der Waals surface area contributed by atoms with E-state index in [1.165, 1.54) is 29.3 Å². The highest BCUT2D eigenvalue weighted by molar-refractivity contribution is 7.99. The molecule has 3 atom stereocenters. The standard InChI is InChI=1S/C19H27N5O2S/c1-12-5-4-6-16(13(12)2)21-17(25)11-27-19-23-22-18(24(19)20)14-7-9-15(26-3)10-8-14/h7-10,12-13,16H,4-6,11,20H2,1-3H3,(H,21,25)/t12-,13-,16+/m1/s1. The van der Waals surface area contributed by atoms with Gasteiger partial charge in [0.05, 0.1) is 12.9 Å². The molecule has 1 heterocycles. The molecule has 2 aromatic rings. The van der Waals surface area contributed by atoms with Crippen molar-refractivity contribution in [3.63, 3.8) is 0 Å². The molecule has 1 aliphatic carbocycles. The number of carbonyl (C=O) groups is 1. The third kappa shape index (κ3) is 4.55. The van der Waals surface area contributed by atoms with E-state index >= 15 is 0 Å². The summed E-state index contributed by atoms with van der Waals surface area (Å²) < 4.78 is 6.58. The maximum Gasteiger partial charge on any atom is 0.230 e. The van der Waals surface area contributed by atoms with E-state index in [-0.39, 0.29) is 17.7 Å². The van der Waals surface area contributed by atoms with Crippen LogP contribution in [0.2, 0.25) is 0 Å². The van der Waals surface area contributed by atoms with Crippen molar-refractivity contribution in [1.82, 2.24) is 20.2 Å². The average Bonchev–Trinajstić information content (AvgIpc) is 3.04. The highest BCUT2D eigenvalue weighted by atomic mass is 32.2. The molecule has 8 heteroatoms. The monoisotopic (exact) mass is 389 g/mol. The Morgan fingerprint density at radius 1 is 1.30 bits per heavy atom. The second kappa shape index (κ2) is 8.65. The number of carbonyl (C=O) groups excluding carboxylic acids is 1. The summed E-state index contributed by atoms with van der Waals surface area (Å²) in [5.74, 6) is 8.88. The van der Waals surface area contributed by atoms with Gasteiger partial charge in [-0.05, 0) is 42.5 Å². The fourth-order valence-corrected chi connectivity index (χ4v) is 4.14. The van der Waals surface area contributed by atoms with Crippen molar-refractivity contribution in [2.75, 3.05) is 18.7 Å². The predicted octanol–water partition coefficient (Wildman–Crippen LogP) is 2.70. The van der Waals surface area contributed by atoms with Crippen molar-refractivity contribution < 1.29 is 9.53 Å². The molecule has 0 radical (unpaired) electrons. The van der Waals surface area contributed by atoms with E-state index in [0.29, 0.717) is 22.8 Å². The fourth-order valence-electron chi connectivity index (χ4n) is 3.48. The first-order chi connectivity index (χ1) is 13.0. The summed E-state index contributed by atoms with van der Waals surface area (Å²) in [4.78, 5) is 12.4. The lowest BCUT2D eigenvalue weighted by Crippen LogP contribution is -2.44. The van der Waals surface area contributed by atoms with Crippen LogP contribution in [0, 0.1) is 11.8 Å². The summed E-state index contributed by atoms with van der Waals surface area (Å²) in [6.45, 7) is 4.48. The highest BCUT2D eigenvalue weighted by Gasteiger charge is 2.28. The van der Waals surface area contributed by atoms with E-state index in [2.05, 4.69) is 29.4 Å². The van der Waals surface area contributed by atoms with Crippen molar-refractivity contribution >= 4 is 17.7 Å². The van der Waals surface area contributed by atoms with Crippen LogP contribution in [0.5, 0.6) is 5.75 Å². The minimum absolute atomic E-state index is 0.0138. The molecule has 1 fully saturated rings. The molecule has 0 spiro atoms. The summed E-state index contributed by atoms with van der Waals surface area (Å²) in [7, 11) is 1.62. The second-order valence-corrected chi connectivity index (χ2v) is 8.08. The lowest BCUT2D eigenvalue weighted by molar-refractivity contribution is -0.120. The van der Waals surface area contributed by atoms with Gasteiger partial charge >= 0.3 is 0 Å². The minimum Gasteiger partial charge on any atom is -0.497 e. The molecule has 7 nitrogen and oxygen atoms in total. The van der Waals surface area contributed by atoms with E-state index in [0.717, 1.165) is 17.7 Å². The van der Waals surface area contributed by atoms with Gasteiger partial charge in [0.15, 0.2) is 5.82 Å². The number of hydrogen-bond donors (Lipinski definition) is 2. The maximum atomic E-state index is 12.4. The van der Waals surface area contributed by atoms with Crippen LogP contribution < -0.4 is 15.9 Å². The molecular weight excluding hydrogens is 362 g/mol. The third-order valence-corrected chi connectivity index (χ3v) is 6.34. The zero-order valence-corrected chi connectivity index (χ0v) is 16.8. The summed E-state index contributed by atoms with van der Waals surface area (Å²) in [5, 5.41) is 12.0. The molecule has 0 unspecified atom stereocenters. The van der Waals surface area contributed by atoms with Gasteiger partial charge in [-0.15, -0.1) is 10.2 Å². The lowest BCUT2D eigenvalue weighted by Gasteiger charge is -2.34. The minimum atomic E-state index is 0.0138. The topological polar surface area (TPSA) is 95.1 Å². The van der Waals surface area contributed by atoms with E-state index < -0.39 is 0 Å². The zero-order chi connectivity index (χ0) is 19.4. The zero-order valence-electron chi connectivity index (χ0n) is 16.0. The van der Waals surface area contributed by atoms with Crippen LogP contribution in [0.15, 0.2) is 29.4 Å². The van der Waals surface area contributed by atoms with Crippen LogP contribution in [0.1, 0.15) is 33.1 Å². The molecule has 3 rings (SSSR count). The van der Waals surface area contributed by atoms with Gasteiger partial charge in [-0.1, -0.05) is 38.5 Å². The van der Waals surface area contributed by atoms with Crippen LogP contribution in [-0.4, -0.2) is 39.7 Å². The van der Waals surface area contributed by atoms with Crippen LogP contribution in [0.25, 0.3) is 11.4 Å². The first-order valence-corrected chi connectivity index (χ1v) is 10.2. The van der Waals surface area contributed by atoms with Crippen molar-refractivity contribution in [2.45, 2.75) is 44.3 Å². The SMILES string of the molecule is COc1ccc(-c2nnc(SCC(=O)N[C@H]3CCC[C@@H](C)[C@H]3C)n2N)cc1. The first kappa shape index (κ1) is 19.5. The molecule has 0 saturated heterocycles. The number of aromatic nitrogens is 3. The number of nitrogens with one attached hydrogen (secondary N) is 1. The molecule has 0 aliphatic heterocycles. The fraction of sp³-hybridized carbons (Fsp3) is 0.526. The van der Waals surface area contributed by atoms with Crippen molar-refractivity contribution in [1.29, 1.82) is 0 Å². The highest BCUT2D eigenvalue weighted by Crippen LogP contribution is 2.29. The Morgan fingerprint density at radius 2 is 2.04 bits per heavy atom. The summed E-state index contributed by atoms with van der Waals surface area (Å²) >= 11 is 1.30. The molecule has 27 heavy (non-hydrogen) atoms. The van der Waals surface area contributed by atoms with Crippen molar-refractivity contribution in [3.8, 4) is 17.1 Å². The largest absolute Gasteiger partial charge is 0.497 e. The number of nitrogens with two attached hydrogens (primary N) is 1. The average molecular weight is 390 g/mol. The summed E-state index contributed by atoms with van der Waals surface area (Å²) in [6, 6.07) is 7.69. The number of nitrogen functional groups attached to an aromatic ring is 1. The second-order valence-electron chi connectivity index (χ2n) is 7.13. The van der Waals surface area contributed by atoms with Gasteiger partial charge in [0.25, 0.3) is 0 Å². The van der Waals surface area contributed by atoms with Gasteiger partial charge in [0.2, 0.25) is 11.1 Å². The molecule has 1 saturated carbocycles. The van der Waals surface area contributed by atoms with Gasteiger partial charge in [-0.25, -0.2) is 4.68 Å². The van der Waals surface area contributed by atoms with Gasteiger partial charge in [-0.3, -0.25) is 4.79 Å². The lowest BCUT2D eigenvalue weighted by atomic mass is 9.78. The Morgan fingerprint density at radius 3 is 2.74 bits per heavy atom. The Hall–Kier alpha value is -2.22. The number of methoxy groups -OCH3 is 1. The predicted molar refractivity (Wildman–Crippen MR) is 107 cm³/mol. The Balaban J connectivity index is 1.58. The molecule has 1 amide bonds. The quantitative estimate of drug-likeness (QED) is 0.583. The smallest absolute Gasteiger partial charge is 0.230 e. The number of nitrogens with zero attached hydrogens (tertiary/aromatic N) is 3. The number of ether oxygens (including phenoxy) is 1. The maximum absolute atomic E-state index is 12.4. The van der Waals surface area contributed by atoms with Crippen molar-refractivity contribution in [2.24, 2.45) is 11.8 Å². The molecular formula is C19H27N5O2S. The van der Waals surface area contributed by atoms with Crippen LogP contribution in [0.4, 0.5) is 0 Å². The molecule has 1 aromatic heterocycles. The van der Waals surface area contributed by atoms with Gasteiger partial charge in [-0.2, -0.15) is 0 Å². The van der Waals surface area contributed by atoms with E-state index in [9.17, 15) is 4.79 Å². The van der Waals surface area contributed by atoms with Crippen molar-refractivity contribution in [3.05, 3.63) is 24.3 Å². The summed E-state index contributed by atoms with van der Waals surface area (Å²) in [6.07, 6.45) is 3.47. The number of hydrogen-bond acceptors (Lipinski definition) is 6. The summed E-state index contributed by atoms with van der Waals surface area (Å²) in [5.41, 5.74) is 0.840. The number of thioether (sulfide) groups is 1. The van der Waals surface area contributed by atoms with E-state index in [1.54, 1.807) is 7.11 Å². The Bertz CT molecular complexity index is 777. The number of rotatable bonds is 6. The van der Waals surface area contributed by atoms with Crippen LogP contribution in [-0.2, 0) is 4.79 Å². The van der Waals surface area contributed by atoms with Gasteiger partial charge < -0.3 is 15.9 Å². The van der Waals surface area contributed by atoms with E-state index in [1.807, 2.05) is 24.3 Å². The molecule has 1 aliphatic rings. The molecule has 1 aromatic carbocycles. The van der Waals surface area contributed by atoms with Crippen LogP contribution >= 0.6 is 11.8 Å². The van der Waals surface area contributed by atoms with Crippen LogP contribution in [0.3, 0.4) is 0 Å². The van der Waals surface area contributed by atoms with E-state index in [4.69, 9.17) is 10.6 Å². The Labute approximate surface area is 164 Å². The third-order valence-electron chi connectivity index (χ3n) is 5.40. The number of amides is 1. The molecule has 0 bridgehead atoms. The number of benzene rings is 1. The molecule has 3 N–H and O–H groups in total. The van der Waals surface area contributed by atoms with Gasteiger partial charge in [0, 0.05) is 11.6 Å². The normalized spacial score (nSPS) is 22.4. The van der Waals surface area contributed by atoms with Gasteiger partial charge in [0.1, 0.15) is 5.75 Å².